The molecule has 0 saturated carbocycles. The summed E-state index contributed by atoms with van der Waals surface area (Å²) in [6.07, 6.45) is 3.35. The Morgan fingerprint density at radius 1 is 1.31 bits per heavy atom. The minimum atomic E-state index is 0.645. The van der Waals surface area contributed by atoms with Crippen molar-refractivity contribution in [3.63, 3.8) is 0 Å². The SMILES string of the molecule is c1cnc2c(c1)NNc1nncn1-2. The number of rotatable bonds is 0. The average molecular weight is 174 g/mol. The number of pyridine rings is 1. The van der Waals surface area contributed by atoms with Crippen LogP contribution in [0.1, 0.15) is 0 Å². The zero-order valence-electron chi connectivity index (χ0n) is 6.60. The van der Waals surface area contributed by atoms with Crippen molar-refractivity contribution in [3.8, 4) is 5.82 Å². The summed E-state index contributed by atoms with van der Waals surface area (Å²) in [7, 11) is 0. The van der Waals surface area contributed by atoms with Crippen molar-refractivity contribution in [2.24, 2.45) is 0 Å². The van der Waals surface area contributed by atoms with E-state index >= 15 is 0 Å². The van der Waals surface area contributed by atoms with Crippen molar-refractivity contribution in [1.29, 1.82) is 0 Å². The molecule has 0 saturated heterocycles. The molecular weight excluding hydrogens is 168 g/mol. The molecule has 1 aliphatic rings. The van der Waals surface area contributed by atoms with E-state index in [0.717, 1.165) is 11.5 Å². The van der Waals surface area contributed by atoms with Crippen LogP contribution in [-0.4, -0.2) is 19.7 Å². The number of anilines is 2. The van der Waals surface area contributed by atoms with Gasteiger partial charge in [0.25, 0.3) is 0 Å². The molecule has 0 aromatic carbocycles. The second-order valence-electron chi connectivity index (χ2n) is 2.65. The predicted octanol–water partition coefficient (Wildman–Crippen LogP) is 0.415. The lowest BCUT2D eigenvalue weighted by Gasteiger charge is -2.18. The van der Waals surface area contributed by atoms with Crippen LogP contribution in [0.5, 0.6) is 0 Å². The van der Waals surface area contributed by atoms with Gasteiger partial charge in [0, 0.05) is 6.20 Å². The largest absolute Gasteiger partial charge is 0.295 e. The quantitative estimate of drug-likeness (QED) is 0.605. The number of nitrogens with zero attached hydrogens (tertiary/aromatic N) is 4. The van der Waals surface area contributed by atoms with Crippen LogP contribution >= 0.6 is 0 Å². The molecule has 0 unspecified atom stereocenters. The molecule has 0 radical (unpaired) electrons. The molecule has 64 valence electrons. The molecule has 2 aromatic heterocycles. The molecule has 2 aromatic rings. The van der Waals surface area contributed by atoms with E-state index in [4.69, 9.17) is 0 Å². The zero-order chi connectivity index (χ0) is 8.67. The van der Waals surface area contributed by atoms with E-state index in [1.165, 1.54) is 0 Å². The van der Waals surface area contributed by atoms with Gasteiger partial charge in [-0.25, -0.2) is 9.55 Å². The first-order valence-corrected chi connectivity index (χ1v) is 3.82. The maximum absolute atomic E-state index is 4.21. The highest BCUT2D eigenvalue weighted by Crippen LogP contribution is 2.23. The summed E-state index contributed by atoms with van der Waals surface area (Å²) < 4.78 is 1.78. The third kappa shape index (κ3) is 0.792. The first-order valence-electron chi connectivity index (χ1n) is 3.82. The third-order valence-electron chi connectivity index (χ3n) is 1.87. The highest BCUT2D eigenvalue weighted by molar-refractivity contribution is 5.64. The van der Waals surface area contributed by atoms with Crippen LogP contribution in [0.25, 0.3) is 5.82 Å². The van der Waals surface area contributed by atoms with Gasteiger partial charge in [0.15, 0.2) is 5.82 Å². The molecule has 1 aliphatic heterocycles. The van der Waals surface area contributed by atoms with Gasteiger partial charge in [-0.2, -0.15) is 0 Å². The molecule has 0 spiro atoms. The van der Waals surface area contributed by atoms with Crippen LogP contribution in [0, 0.1) is 0 Å². The predicted molar refractivity (Wildman–Crippen MR) is 46.4 cm³/mol. The molecule has 0 bridgehead atoms. The smallest absolute Gasteiger partial charge is 0.249 e. The fourth-order valence-electron chi connectivity index (χ4n) is 1.28. The Kier molecular flexibility index (Phi) is 1.08. The summed E-state index contributed by atoms with van der Waals surface area (Å²) in [6, 6.07) is 3.79. The minimum absolute atomic E-state index is 0.645. The molecule has 6 nitrogen and oxygen atoms in total. The first-order chi connectivity index (χ1) is 6.45. The lowest BCUT2D eigenvalue weighted by atomic mass is 10.4. The van der Waals surface area contributed by atoms with E-state index in [1.54, 1.807) is 17.1 Å². The van der Waals surface area contributed by atoms with Gasteiger partial charge in [-0.05, 0) is 12.1 Å². The van der Waals surface area contributed by atoms with Crippen molar-refractivity contribution in [1.82, 2.24) is 19.7 Å². The number of nitrogens with one attached hydrogen (secondary N) is 2. The minimum Gasteiger partial charge on any atom is -0.295 e. The van der Waals surface area contributed by atoms with Gasteiger partial charge in [-0.1, -0.05) is 0 Å². The number of fused-ring (bicyclic) bond motifs is 3. The summed E-state index contributed by atoms with van der Waals surface area (Å²) in [6.45, 7) is 0. The third-order valence-corrected chi connectivity index (χ3v) is 1.87. The Morgan fingerprint density at radius 2 is 2.31 bits per heavy atom. The average Bonchev–Trinajstić information content (AvgIpc) is 2.65. The monoisotopic (exact) mass is 174 g/mol. The van der Waals surface area contributed by atoms with Crippen LogP contribution in [0.4, 0.5) is 11.6 Å². The molecule has 0 aliphatic carbocycles. The molecule has 6 heteroatoms. The molecule has 3 rings (SSSR count). The van der Waals surface area contributed by atoms with E-state index < -0.39 is 0 Å². The number of hydrogen-bond donors (Lipinski definition) is 2. The lowest BCUT2D eigenvalue weighted by molar-refractivity contribution is 0.966. The van der Waals surface area contributed by atoms with Crippen molar-refractivity contribution in [2.75, 3.05) is 10.9 Å². The van der Waals surface area contributed by atoms with Crippen molar-refractivity contribution in [2.45, 2.75) is 0 Å². The standard InChI is InChI=1S/C7H6N6/c1-2-5-6(8-3-1)13-4-9-11-7(13)12-10-5/h1-4,10H,(H,11,12). The lowest BCUT2D eigenvalue weighted by Crippen LogP contribution is -2.20. The van der Waals surface area contributed by atoms with E-state index in [2.05, 4.69) is 26.0 Å². The van der Waals surface area contributed by atoms with Gasteiger partial charge in [0.1, 0.15) is 6.33 Å². The summed E-state index contributed by atoms with van der Waals surface area (Å²) in [5.41, 5.74) is 6.78. The molecule has 0 amide bonds. The summed E-state index contributed by atoms with van der Waals surface area (Å²) in [5.74, 6) is 1.45. The van der Waals surface area contributed by atoms with Crippen LogP contribution in [0.15, 0.2) is 24.7 Å². The summed E-state index contributed by atoms with van der Waals surface area (Å²) >= 11 is 0. The van der Waals surface area contributed by atoms with Gasteiger partial charge >= 0.3 is 0 Å². The Hall–Kier alpha value is -2.11. The number of aromatic nitrogens is 4. The first kappa shape index (κ1) is 6.41. The topological polar surface area (TPSA) is 67.7 Å². The molecule has 0 fully saturated rings. The maximum atomic E-state index is 4.21. The molecule has 0 atom stereocenters. The molecule has 13 heavy (non-hydrogen) atoms. The molecular formula is C7H6N6. The highest BCUT2D eigenvalue weighted by atomic mass is 15.5. The van der Waals surface area contributed by atoms with Gasteiger partial charge in [0.2, 0.25) is 5.95 Å². The maximum Gasteiger partial charge on any atom is 0.249 e. The normalized spacial score (nSPS) is 12.3. The molecule has 2 N–H and O–H groups in total. The highest BCUT2D eigenvalue weighted by Gasteiger charge is 2.15. The number of hydrazine groups is 1. The zero-order valence-corrected chi connectivity index (χ0v) is 6.60. The van der Waals surface area contributed by atoms with E-state index in [1.807, 2.05) is 12.1 Å². The van der Waals surface area contributed by atoms with E-state index in [0.29, 0.717) is 5.95 Å². The van der Waals surface area contributed by atoms with Gasteiger partial charge in [-0.15, -0.1) is 10.2 Å². The van der Waals surface area contributed by atoms with Crippen LogP contribution < -0.4 is 10.9 Å². The van der Waals surface area contributed by atoms with E-state index in [9.17, 15) is 0 Å². The second-order valence-corrected chi connectivity index (χ2v) is 2.65. The Morgan fingerprint density at radius 3 is 3.31 bits per heavy atom. The van der Waals surface area contributed by atoms with Gasteiger partial charge in [0.05, 0.1) is 5.69 Å². The van der Waals surface area contributed by atoms with Crippen molar-refractivity contribution < 1.29 is 0 Å². The fraction of sp³-hybridized carbons (Fsp3) is 0. The summed E-state index contributed by atoms with van der Waals surface area (Å²) in [5, 5.41) is 7.63. The fourth-order valence-corrected chi connectivity index (χ4v) is 1.28. The summed E-state index contributed by atoms with van der Waals surface area (Å²) in [4.78, 5) is 4.21. The van der Waals surface area contributed by atoms with E-state index in [-0.39, 0.29) is 0 Å². The second kappa shape index (κ2) is 2.19. The van der Waals surface area contributed by atoms with Gasteiger partial charge in [-0.3, -0.25) is 10.9 Å². The van der Waals surface area contributed by atoms with Gasteiger partial charge < -0.3 is 0 Å². The van der Waals surface area contributed by atoms with Crippen molar-refractivity contribution >= 4 is 11.6 Å². The Bertz CT molecular complexity index is 448. The van der Waals surface area contributed by atoms with Crippen molar-refractivity contribution in [3.05, 3.63) is 24.7 Å². The van der Waals surface area contributed by atoms with Crippen LogP contribution in [-0.2, 0) is 0 Å². The van der Waals surface area contributed by atoms with Crippen LogP contribution in [0.2, 0.25) is 0 Å². The number of hydrogen-bond acceptors (Lipinski definition) is 5. The Labute approximate surface area is 73.6 Å². The molecule has 3 heterocycles. The Balaban J connectivity index is 2.30. The van der Waals surface area contributed by atoms with Crippen LogP contribution in [0.3, 0.4) is 0 Å².